The van der Waals surface area contributed by atoms with Gasteiger partial charge in [-0.3, -0.25) is 0 Å². The van der Waals surface area contributed by atoms with Crippen LogP contribution in [0, 0.1) is 11.3 Å². The summed E-state index contributed by atoms with van der Waals surface area (Å²) in [6.45, 7) is 2.19. The van der Waals surface area contributed by atoms with Gasteiger partial charge in [0.15, 0.2) is 0 Å². The fourth-order valence-corrected chi connectivity index (χ4v) is 2.58. The predicted octanol–water partition coefficient (Wildman–Crippen LogP) is 2.87. The van der Waals surface area contributed by atoms with Gasteiger partial charge in [-0.1, -0.05) is 0 Å². The van der Waals surface area contributed by atoms with E-state index in [0.29, 0.717) is 11.6 Å². The quantitative estimate of drug-likeness (QED) is 0.881. The van der Waals surface area contributed by atoms with Crippen LogP contribution in [0.5, 0.6) is 0 Å². The van der Waals surface area contributed by atoms with Crippen LogP contribution in [0.25, 0.3) is 0 Å². The van der Waals surface area contributed by atoms with Gasteiger partial charge in [-0.15, -0.1) is 0 Å². The Bertz CT molecular complexity index is 417. The van der Waals surface area contributed by atoms with Gasteiger partial charge >= 0.3 is 0 Å². The van der Waals surface area contributed by atoms with Crippen LogP contribution in [-0.4, -0.2) is 19.1 Å². The molecule has 3 nitrogen and oxygen atoms in total. The van der Waals surface area contributed by atoms with Crippen LogP contribution in [0.1, 0.15) is 24.8 Å². The summed E-state index contributed by atoms with van der Waals surface area (Å²) in [6, 6.07) is 8.34. The number of benzene rings is 1. The zero-order chi connectivity index (χ0) is 12.1. The normalized spacial score (nSPS) is 20.4. The Labute approximate surface area is 110 Å². The Morgan fingerprint density at radius 2 is 2.24 bits per heavy atom. The van der Waals surface area contributed by atoms with E-state index in [1.807, 2.05) is 18.2 Å². The molecular weight excluding hydrogens is 278 g/mol. The molecule has 0 spiro atoms. The molecule has 0 amide bonds. The van der Waals surface area contributed by atoms with E-state index in [1.54, 1.807) is 0 Å². The Hall–Kier alpha value is -1.05. The fraction of sp³-hybridized carbons (Fsp3) is 0.462. The molecule has 0 bridgehead atoms. The van der Waals surface area contributed by atoms with Crippen molar-refractivity contribution in [2.45, 2.75) is 25.3 Å². The Kier molecular flexibility index (Phi) is 4.41. The van der Waals surface area contributed by atoms with Crippen LogP contribution < -0.4 is 10.6 Å². The maximum absolute atomic E-state index is 8.81. The van der Waals surface area contributed by atoms with Crippen LogP contribution in [-0.2, 0) is 0 Å². The molecule has 4 heteroatoms. The monoisotopic (exact) mass is 293 g/mol. The molecule has 1 aromatic rings. The Balaban J connectivity index is 2.05. The first-order valence-corrected chi connectivity index (χ1v) is 6.76. The molecular formula is C13H16BrN3. The topological polar surface area (TPSA) is 47.9 Å². The second-order valence-electron chi connectivity index (χ2n) is 4.33. The molecule has 0 saturated carbocycles. The van der Waals surface area contributed by atoms with Gasteiger partial charge < -0.3 is 10.6 Å². The first-order valence-electron chi connectivity index (χ1n) is 5.96. The van der Waals surface area contributed by atoms with E-state index in [1.165, 1.54) is 12.8 Å². The van der Waals surface area contributed by atoms with Crippen molar-refractivity contribution in [3.8, 4) is 6.07 Å². The molecule has 0 aromatic heterocycles. The average Bonchev–Trinajstić information content (AvgIpc) is 2.60. The average molecular weight is 294 g/mol. The van der Waals surface area contributed by atoms with Gasteiger partial charge in [0.05, 0.1) is 11.6 Å². The van der Waals surface area contributed by atoms with E-state index >= 15 is 0 Å². The van der Waals surface area contributed by atoms with Crippen molar-refractivity contribution in [3.63, 3.8) is 0 Å². The summed E-state index contributed by atoms with van der Waals surface area (Å²) < 4.78 is 0.966. The van der Waals surface area contributed by atoms with E-state index in [9.17, 15) is 0 Å². The summed E-state index contributed by atoms with van der Waals surface area (Å²) in [7, 11) is 0. The fourth-order valence-electron chi connectivity index (χ4n) is 2.09. The lowest BCUT2D eigenvalue weighted by Gasteiger charge is -2.18. The number of rotatable bonds is 2. The lowest BCUT2D eigenvalue weighted by atomic mass is 10.1. The molecule has 1 aliphatic rings. The maximum Gasteiger partial charge on any atom is 0.0992 e. The standard InChI is InChI=1S/C13H16BrN3/c14-12-8-10(9-15)3-4-13(12)17-11-2-1-6-16-7-5-11/h3-4,8,11,16-17H,1-2,5-7H2. The number of nitriles is 1. The van der Waals surface area contributed by atoms with Gasteiger partial charge in [0.2, 0.25) is 0 Å². The summed E-state index contributed by atoms with van der Waals surface area (Å²) in [4.78, 5) is 0. The summed E-state index contributed by atoms with van der Waals surface area (Å²) in [6.07, 6.45) is 3.55. The molecule has 17 heavy (non-hydrogen) atoms. The van der Waals surface area contributed by atoms with Crippen molar-refractivity contribution < 1.29 is 0 Å². The molecule has 0 radical (unpaired) electrons. The molecule has 1 atom stereocenters. The third-order valence-electron chi connectivity index (χ3n) is 3.03. The third kappa shape index (κ3) is 3.45. The minimum absolute atomic E-state index is 0.522. The SMILES string of the molecule is N#Cc1ccc(NC2CCCNCC2)c(Br)c1. The number of halogens is 1. The lowest BCUT2D eigenvalue weighted by molar-refractivity contribution is 0.637. The zero-order valence-electron chi connectivity index (χ0n) is 9.67. The highest BCUT2D eigenvalue weighted by Gasteiger charge is 2.12. The van der Waals surface area contributed by atoms with Gasteiger partial charge in [-0.2, -0.15) is 5.26 Å². The summed E-state index contributed by atoms with van der Waals surface area (Å²) in [5.41, 5.74) is 1.76. The van der Waals surface area contributed by atoms with Crippen molar-refractivity contribution in [2.75, 3.05) is 18.4 Å². The first kappa shape index (κ1) is 12.4. The lowest BCUT2D eigenvalue weighted by Crippen LogP contribution is -2.21. The van der Waals surface area contributed by atoms with Crippen LogP contribution in [0.15, 0.2) is 22.7 Å². The van der Waals surface area contributed by atoms with Gasteiger partial charge in [0.1, 0.15) is 0 Å². The summed E-state index contributed by atoms with van der Waals surface area (Å²) >= 11 is 3.51. The van der Waals surface area contributed by atoms with E-state index in [-0.39, 0.29) is 0 Å². The molecule has 1 heterocycles. The third-order valence-corrected chi connectivity index (χ3v) is 3.69. The zero-order valence-corrected chi connectivity index (χ0v) is 11.3. The highest BCUT2D eigenvalue weighted by molar-refractivity contribution is 9.10. The predicted molar refractivity (Wildman–Crippen MR) is 73.0 cm³/mol. The largest absolute Gasteiger partial charge is 0.381 e. The minimum Gasteiger partial charge on any atom is -0.381 e. The number of hydrogen-bond acceptors (Lipinski definition) is 3. The molecule has 0 aliphatic carbocycles. The van der Waals surface area contributed by atoms with E-state index in [2.05, 4.69) is 32.6 Å². The molecule has 1 saturated heterocycles. The molecule has 2 N–H and O–H groups in total. The van der Waals surface area contributed by atoms with Crippen molar-refractivity contribution in [3.05, 3.63) is 28.2 Å². The van der Waals surface area contributed by atoms with Gasteiger partial charge in [-0.25, -0.2) is 0 Å². The van der Waals surface area contributed by atoms with E-state index in [4.69, 9.17) is 5.26 Å². The van der Waals surface area contributed by atoms with Crippen molar-refractivity contribution in [1.82, 2.24) is 5.32 Å². The second-order valence-corrected chi connectivity index (χ2v) is 5.18. The second kappa shape index (κ2) is 6.04. The molecule has 1 unspecified atom stereocenters. The van der Waals surface area contributed by atoms with Gasteiger partial charge in [0, 0.05) is 16.2 Å². The number of hydrogen-bond donors (Lipinski definition) is 2. The van der Waals surface area contributed by atoms with Crippen LogP contribution in [0.4, 0.5) is 5.69 Å². The molecule has 1 aliphatic heterocycles. The minimum atomic E-state index is 0.522. The maximum atomic E-state index is 8.81. The summed E-state index contributed by atoms with van der Waals surface area (Å²) in [5, 5.41) is 15.8. The first-order chi connectivity index (χ1) is 8.29. The highest BCUT2D eigenvalue weighted by Crippen LogP contribution is 2.25. The molecule has 90 valence electrons. The number of nitrogens with zero attached hydrogens (tertiary/aromatic N) is 1. The van der Waals surface area contributed by atoms with Crippen molar-refractivity contribution >= 4 is 21.6 Å². The Morgan fingerprint density at radius 1 is 1.35 bits per heavy atom. The van der Waals surface area contributed by atoms with Crippen molar-refractivity contribution in [1.29, 1.82) is 5.26 Å². The van der Waals surface area contributed by atoms with Crippen LogP contribution in [0.2, 0.25) is 0 Å². The molecule has 2 rings (SSSR count). The van der Waals surface area contributed by atoms with Crippen molar-refractivity contribution in [2.24, 2.45) is 0 Å². The van der Waals surface area contributed by atoms with E-state index in [0.717, 1.165) is 29.7 Å². The Morgan fingerprint density at radius 3 is 3.00 bits per heavy atom. The van der Waals surface area contributed by atoms with Crippen LogP contribution in [0.3, 0.4) is 0 Å². The smallest absolute Gasteiger partial charge is 0.0992 e. The van der Waals surface area contributed by atoms with Gasteiger partial charge in [0.25, 0.3) is 0 Å². The molecule has 1 aromatic carbocycles. The number of nitrogens with one attached hydrogen (secondary N) is 2. The van der Waals surface area contributed by atoms with E-state index < -0.39 is 0 Å². The number of anilines is 1. The molecule has 1 fully saturated rings. The summed E-state index contributed by atoms with van der Waals surface area (Å²) in [5.74, 6) is 0. The van der Waals surface area contributed by atoms with Crippen LogP contribution >= 0.6 is 15.9 Å². The highest BCUT2D eigenvalue weighted by atomic mass is 79.9. The van der Waals surface area contributed by atoms with Gasteiger partial charge in [-0.05, 0) is 66.5 Å².